The van der Waals surface area contributed by atoms with Crippen LogP contribution in [-0.2, 0) is 10.0 Å². The van der Waals surface area contributed by atoms with Gasteiger partial charge < -0.3 is 10.6 Å². The van der Waals surface area contributed by atoms with Crippen LogP contribution in [-0.4, -0.2) is 39.0 Å². The number of halogens is 1. The average molecular weight is 416 g/mol. The summed E-state index contributed by atoms with van der Waals surface area (Å²) in [5, 5.41) is 6.39. The number of benzene rings is 1. The molecule has 1 amide bonds. The van der Waals surface area contributed by atoms with Crippen LogP contribution in [0.25, 0.3) is 0 Å². The topological polar surface area (TPSA) is 87.3 Å². The van der Waals surface area contributed by atoms with E-state index >= 15 is 0 Å². The molecule has 3 rings (SSSR count). The van der Waals surface area contributed by atoms with Crippen molar-refractivity contribution >= 4 is 28.3 Å². The zero-order chi connectivity index (χ0) is 18.7. The first kappa shape index (κ1) is 22.1. The van der Waals surface area contributed by atoms with E-state index in [1.807, 2.05) is 0 Å². The Hall–Kier alpha value is -1.15. The number of hydrogen-bond acceptors (Lipinski definition) is 4. The number of aryl methyl sites for hydroxylation is 1. The van der Waals surface area contributed by atoms with Crippen molar-refractivity contribution < 1.29 is 13.2 Å². The number of hydrogen-bond donors (Lipinski definition) is 3. The highest BCUT2D eigenvalue weighted by Crippen LogP contribution is 2.23. The highest BCUT2D eigenvalue weighted by molar-refractivity contribution is 7.89. The van der Waals surface area contributed by atoms with E-state index in [2.05, 4.69) is 22.3 Å². The molecule has 1 saturated carbocycles. The van der Waals surface area contributed by atoms with Gasteiger partial charge >= 0.3 is 0 Å². The minimum Gasteiger partial charge on any atom is -0.348 e. The number of nitrogens with one attached hydrogen (secondary N) is 3. The van der Waals surface area contributed by atoms with E-state index in [0.29, 0.717) is 11.1 Å². The molecule has 0 spiro atoms. The molecular weight excluding hydrogens is 386 g/mol. The Balaban J connectivity index is 0.00000261. The third-order valence-electron chi connectivity index (χ3n) is 5.50. The number of piperidine rings is 1. The maximum absolute atomic E-state index is 12.8. The van der Waals surface area contributed by atoms with Crippen LogP contribution in [0, 0.1) is 6.92 Å². The largest absolute Gasteiger partial charge is 0.348 e. The van der Waals surface area contributed by atoms with E-state index in [9.17, 15) is 13.2 Å². The number of sulfonamides is 1. The number of carbonyl (C=O) groups excluding carboxylic acids is 1. The maximum Gasteiger partial charge on any atom is 0.251 e. The minimum atomic E-state index is -3.62. The van der Waals surface area contributed by atoms with Crippen molar-refractivity contribution in [3.05, 3.63) is 29.3 Å². The first-order valence-electron chi connectivity index (χ1n) is 9.54. The zero-order valence-corrected chi connectivity index (χ0v) is 17.6. The van der Waals surface area contributed by atoms with Crippen LogP contribution in [0.1, 0.15) is 61.4 Å². The normalized spacial score (nSPS) is 23.6. The second-order valence-electron chi connectivity index (χ2n) is 7.55. The molecule has 8 heteroatoms. The molecule has 1 aromatic rings. The average Bonchev–Trinajstić information content (AvgIpc) is 3.09. The Labute approximate surface area is 168 Å². The van der Waals surface area contributed by atoms with Gasteiger partial charge in [0, 0.05) is 23.7 Å². The van der Waals surface area contributed by atoms with Crippen molar-refractivity contribution in [2.24, 2.45) is 0 Å². The molecule has 1 aromatic carbocycles. The van der Waals surface area contributed by atoms with Gasteiger partial charge in [0.15, 0.2) is 0 Å². The van der Waals surface area contributed by atoms with Gasteiger partial charge in [-0.15, -0.1) is 12.4 Å². The second kappa shape index (κ2) is 9.37. The molecule has 0 aromatic heterocycles. The van der Waals surface area contributed by atoms with Crippen molar-refractivity contribution in [3.8, 4) is 0 Å². The molecule has 3 N–H and O–H groups in total. The molecule has 6 nitrogen and oxygen atoms in total. The summed E-state index contributed by atoms with van der Waals surface area (Å²) in [7, 11) is -3.62. The zero-order valence-electron chi connectivity index (χ0n) is 16.0. The predicted octanol–water partition coefficient (Wildman–Crippen LogP) is 2.51. The van der Waals surface area contributed by atoms with E-state index in [1.165, 1.54) is 6.07 Å². The van der Waals surface area contributed by atoms with Crippen molar-refractivity contribution in [1.82, 2.24) is 15.4 Å². The van der Waals surface area contributed by atoms with Crippen LogP contribution >= 0.6 is 12.4 Å². The van der Waals surface area contributed by atoms with Gasteiger partial charge in [-0.1, -0.05) is 18.9 Å². The minimum absolute atomic E-state index is 0. The van der Waals surface area contributed by atoms with Crippen molar-refractivity contribution in [3.63, 3.8) is 0 Å². The molecule has 2 unspecified atom stereocenters. The van der Waals surface area contributed by atoms with E-state index in [0.717, 1.165) is 45.1 Å². The predicted molar refractivity (Wildman–Crippen MR) is 109 cm³/mol. The molecule has 0 radical (unpaired) electrons. The Kier molecular flexibility index (Phi) is 7.68. The van der Waals surface area contributed by atoms with Gasteiger partial charge in [0.2, 0.25) is 10.0 Å². The second-order valence-corrected chi connectivity index (χ2v) is 9.23. The lowest BCUT2D eigenvalue weighted by molar-refractivity contribution is 0.0919. The highest BCUT2D eigenvalue weighted by Gasteiger charge is 2.26. The van der Waals surface area contributed by atoms with Gasteiger partial charge in [0.1, 0.15) is 0 Å². The molecule has 2 fully saturated rings. The molecule has 27 heavy (non-hydrogen) atoms. The van der Waals surface area contributed by atoms with Gasteiger partial charge in [0.05, 0.1) is 4.90 Å². The maximum atomic E-state index is 12.8. The SMILES string of the molecule is Cc1ccc(C(=O)NC2CCCNC2C)cc1S(=O)(=O)NC1CCCC1.Cl. The standard InChI is InChI=1S/C19H29N3O3S.ClH/c1-13-9-10-15(19(23)21-17-8-5-11-20-14(17)2)12-18(13)26(24,25)22-16-6-3-4-7-16;/h9-10,12,14,16-17,20,22H,3-8,11H2,1-2H3,(H,21,23);1H. The summed E-state index contributed by atoms with van der Waals surface area (Å²) in [6.07, 6.45) is 5.83. The Morgan fingerprint density at radius 1 is 1.15 bits per heavy atom. The third kappa shape index (κ3) is 5.44. The fraction of sp³-hybridized carbons (Fsp3) is 0.632. The summed E-state index contributed by atoms with van der Waals surface area (Å²) in [6, 6.07) is 5.19. The summed E-state index contributed by atoms with van der Waals surface area (Å²) in [4.78, 5) is 12.8. The molecule has 2 atom stereocenters. The number of rotatable bonds is 5. The highest BCUT2D eigenvalue weighted by atomic mass is 35.5. The monoisotopic (exact) mass is 415 g/mol. The van der Waals surface area contributed by atoms with Gasteiger partial charge in [-0.2, -0.15) is 0 Å². The van der Waals surface area contributed by atoms with Gasteiger partial charge in [-0.25, -0.2) is 13.1 Å². The molecule has 1 heterocycles. The molecular formula is C19H30ClN3O3S. The van der Waals surface area contributed by atoms with E-state index in [1.54, 1.807) is 19.1 Å². The van der Waals surface area contributed by atoms with Crippen LogP contribution in [0.2, 0.25) is 0 Å². The fourth-order valence-corrected chi connectivity index (χ4v) is 5.43. The van der Waals surface area contributed by atoms with E-state index < -0.39 is 10.0 Å². The molecule has 1 aliphatic carbocycles. The quantitative estimate of drug-likeness (QED) is 0.689. The summed E-state index contributed by atoms with van der Waals surface area (Å²) in [5.74, 6) is -0.220. The fourth-order valence-electron chi connectivity index (χ4n) is 3.85. The van der Waals surface area contributed by atoms with Crippen LogP contribution in [0.5, 0.6) is 0 Å². The van der Waals surface area contributed by atoms with Crippen molar-refractivity contribution in [1.29, 1.82) is 0 Å². The van der Waals surface area contributed by atoms with E-state index in [4.69, 9.17) is 0 Å². The summed E-state index contributed by atoms with van der Waals surface area (Å²) < 4.78 is 28.3. The first-order chi connectivity index (χ1) is 12.4. The van der Waals surface area contributed by atoms with Crippen molar-refractivity contribution in [2.45, 2.75) is 75.4 Å². The van der Waals surface area contributed by atoms with Gasteiger partial charge in [-0.3, -0.25) is 4.79 Å². The molecule has 1 saturated heterocycles. The van der Waals surface area contributed by atoms with Crippen LogP contribution in [0.4, 0.5) is 0 Å². The Bertz CT molecular complexity index is 763. The van der Waals surface area contributed by atoms with Crippen LogP contribution in [0.3, 0.4) is 0 Å². The third-order valence-corrected chi connectivity index (χ3v) is 7.16. The lowest BCUT2D eigenvalue weighted by Crippen LogP contribution is -2.51. The first-order valence-corrected chi connectivity index (χ1v) is 11.0. The summed E-state index contributed by atoms with van der Waals surface area (Å²) >= 11 is 0. The van der Waals surface area contributed by atoms with Gasteiger partial charge in [-0.05, 0) is 63.8 Å². The Morgan fingerprint density at radius 2 is 1.85 bits per heavy atom. The summed E-state index contributed by atoms with van der Waals surface area (Å²) in [5.41, 5.74) is 1.04. The lowest BCUT2D eigenvalue weighted by Gasteiger charge is -2.30. The molecule has 0 bridgehead atoms. The smallest absolute Gasteiger partial charge is 0.251 e. The molecule has 152 valence electrons. The van der Waals surface area contributed by atoms with Gasteiger partial charge in [0.25, 0.3) is 5.91 Å². The molecule has 2 aliphatic rings. The van der Waals surface area contributed by atoms with Crippen LogP contribution in [0.15, 0.2) is 23.1 Å². The van der Waals surface area contributed by atoms with Crippen LogP contribution < -0.4 is 15.4 Å². The lowest BCUT2D eigenvalue weighted by atomic mass is 9.99. The van der Waals surface area contributed by atoms with E-state index in [-0.39, 0.29) is 41.3 Å². The number of carbonyl (C=O) groups is 1. The number of amides is 1. The Morgan fingerprint density at radius 3 is 2.52 bits per heavy atom. The molecule has 1 aliphatic heterocycles. The summed E-state index contributed by atoms with van der Waals surface area (Å²) in [6.45, 7) is 4.78. The van der Waals surface area contributed by atoms with Crippen molar-refractivity contribution in [2.75, 3.05) is 6.54 Å².